The Hall–Kier alpha value is -2.29. The minimum absolute atomic E-state index is 0.150. The van der Waals surface area contributed by atoms with E-state index in [4.69, 9.17) is 44.9 Å². The quantitative estimate of drug-likeness (QED) is 0.474. The zero-order valence-electron chi connectivity index (χ0n) is 14.8. The topological polar surface area (TPSA) is 64.1 Å². The van der Waals surface area contributed by atoms with E-state index in [0.717, 1.165) is 5.56 Å². The minimum Gasteiger partial charge on any atom is -0.490 e. The maximum Gasteiger partial charge on any atom is 0.214 e. The highest BCUT2D eigenvalue weighted by atomic mass is 35.5. The van der Waals surface area contributed by atoms with Crippen LogP contribution in [0.5, 0.6) is 11.5 Å². The van der Waals surface area contributed by atoms with Gasteiger partial charge in [0.2, 0.25) is 4.77 Å². The van der Waals surface area contributed by atoms with Crippen LogP contribution in [0.3, 0.4) is 0 Å². The average Bonchev–Trinajstić information content (AvgIpc) is 3.06. The van der Waals surface area contributed by atoms with Crippen LogP contribution >= 0.6 is 35.4 Å². The van der Waals surface area contributed by atoms with Crippen molar-refractivity contribution in [2.45, 2.75) is 20.1 Å². The van der Waals surface area contributed by atoms with Crippen molar-refractivity contribution in [3.05, 3.63) is 68.4 Å². The molecule has 1 aromatic heterocycles. The third-order valence-corrected chi connectivity index (χ3v) is 4.79. The van der Waals surface area contributed by atoms with E-state index in [1.807, 2.05) is 6.92 Å². The molecule has 0 amide bonds. The smallest absolute Gasteiger partial charge is 0.214 e. The Kier molecular flexibility index (Phi) is 6.77. The number of nitrogens with one attached hydrogen (secondary N) is 2. The molecule has 0 aliphatic carbocycles. The molecule has 2 N–H and O–H groups in total. The average molecular weight is 443 g/mol. The SMILES string of the molecule is CCOc1cc(CNn2cn[nH]c2=S)c(Cl)cc1OCc1ccc(F)cc1Cl. The number of H-pyrrole nitrogens is 1. The third-order valence-electron chi connectivity index (χ3n) is 3.80. The largest absolute Gasteiger partial charge is 0.490 e. The van der Waals surface area contributed by atoms with Gasteiger partial charge in [-0.25, -0.2) is 9.07 Å². The molecule has 0 unspecified atom stereocenters. The zero-order chi connectivity index (χ0) is 20.1. The highest BCUT2D eigenvalue weighted by Crippen LogP contribution is 2.34. The van der Waals surface area contributed by atoms with E-state index >= 15 is 0 Å². The van der Waals surface area contributed by atoms with E-state index in [9.17, 15) is 4.39 Å². The van der Waals surface area contributed by atoms with Crippen LogP contribution in [0.25, 0.3) is 0 Å². The summed E-state index contributed by atoms with van der Waals surface area (Å²) in [5.41, 5.74) is 4.54. The molecule has 28 heavy (non-hydrogen) atoms. The van der Waals surface area contributed by atoms with E-state index in [0.29, 0.717) is 45.0 Å². The van der Waals surface area contributed by atoms with Crippen molar-refractivity contribution in [2.75, 3.05) is 12.0 Å². The van der Waals surface area contributed by atoms with Gasteiger partial charge >= 0.3 is 0 Å². The third kappa shape index (κ3) is 4.95. The fraction of sp³-hybridized carbons (Fsp3) is 0.222. The van der Waals surface area contributed by atoms with Gasteiger partial charge in [-0.2, -0.15) is 5.10 Å². The molecule has 0 radical (unpaired) electrons. The lowest BCUT2D eigenvalue weighted by Gasteiger charge is -2.16. The summed E-state index contributed by atoms with van der Waals surface area (Å²) in [7, 11) is 0. The van der Waals surface area contributed by atoms with Crippen LogP contribution in [0.4, 0.5) is 4.39 Å². The molecule has 0 aliphatic heterocycles. The predicted molar refractivity (Wildman–Crippen MR) is 109 cm³/mol. The number of nitrogens with zero attached hydrogens (tertiary/aromatic N) is 2. The lowest BCUT2D eigenvalue weighted by atomic mass is 10.2. The first kappa shape index (κ1) is 20.4. The highest BCUT2D eigenvalue weighted by Gasteiger charge is 2.13. The standard InChI is InChI=1S/C18H17Cl2FN4O2S/c1-2-26-16-5-12(8-23-25-10-22-24-18(25)28)15(20)7-17(16)27-9-11-3-4-13(21)6-14(11)19/h3-7,10,23H,2,8-9H2,1H3,(H,24,28). The summed E-state index contributed by atoms with van der Waals surface area (Å²) in [5, 5.41) is 7.28. The second-order valence-electron chi connectivity index (χ2n) is 5.71. The maximum atomic E-state index is 13.2. The number of aromatic nitrogens is 3. The van der Waals surface area contributed by atoms with Gasteiger partial charge in [-0.15, -0.1) is 0 Å². The molecular formula is C18H17Cl2FN4O2S. The first-order chi connectivity index (χ1) is 13.5. The van der Waals surface area contributed by atoms with Gasteiger partial charge in [0.15, 0.2) is 11.5 Å². The fourth-order valence-electron chi connectivity index (χ4n) is 2.42. The Labute approximate surface area is 176 Å². The molecule has 0 saturated carbocycles. The van der Waals surface area contributed by atoms with Crippen LogP contribution in [-0.2, 0) is 13.2 Å². The van der Waals surface area contributed by atoms with Crippen LogP contribution in [0.15, 0.2) is 36.7 Å². The van der Waals surface area contributed by atoms with E-state index in [2.05, 4.69) is 15.6 Å². The molecule has 10 heteroatoms. The molecule has 148 valence electrons. The molecule has 0 spiro atoms. The van der Waals surface area contributed by atoms with Crippen molar-refractivity contribution >= 4 is 35.4 Å². The van der Waals surface area contributed by atoms with Crippen LogP contribution in [0.2, 0.25) is 10.0 Å². The predicted octanol–water partition coefficient (Wildman–Crippen LogP) is 5.11. The molecule has 0 aliphatic rings. The number of aromatic amines is 1. The Balaban J connectivity index is 1.77. The van der Waals surface area contributed by atoms with Gasteiger partial charge in [0, 0.05) is 16.7 Å². The molecule has 0 bridgehead atoms. The van der Waals surface area contributed by atoms with Crippen LogP contribution in [-0.4, -0.2) is 21.5 Å². The van der Waals surface area contributed by atoms with Crippen molar-refractivity contribution in [3.63, 3.8) is 0 Å². The summed E-state index contributed by atoms with van der Waals surface area (Å²) in [5.74, 6) is 0.607. The van der Waals surface area contributed by atoms with Crippen LogP contribution < -0.4 is 14.9 Å². The van der Waals surface area contributed by atoms with Gasteiger partial charge < -0.3 is 14.9 Å². The minimum atomic E-state index is -0.401. The van der Waals surface area contributed by atoms with Crippen molar-refractivity contribution in [1.29, 1.82) is 0 Å². The monoisotopic (exact) mass is 442 g/mol. The second kappa shape index (κ2) is 9.27. The summed E-state index contributed by atoms with van der Waals surface area (Å²) in [6.07, 6.45) is 1.53. The summed E-state index contributed by atoms with van der Waals surface area (Å²) in [6, 6.07) is 7.62. The number of ether oxygens (including phenoxy) is 2. The van der Waals surface area contributed by atoms with Gasteiger partial charge in [0.05, 0.1) is 18.2 Å². The van der Waals surface area contributed by atoms with Gasteiger partial charge in [-0.1, -0.05) is 29.3 Å². The van der Waals surface area contributed by atoms with Gasteiger partial charge in [-0.3, -0.25) is 5.10 Å². The van der Waals surface area contributed by atoms with Gasteiger partial charge in [0.25, 0.3) is 0 Å². The summed E-state index contributed by atoms with van der Waals surface area (Å²) in [4.78, 5) is 0. The first-order valence-electron chi connectivity index (χ1n) is 8.35. The lowest BCUT2D eigenvalue weighted by molar-refractivity contribution is 0.269. The van der Waals surface area contributed by atoms with Gasteiger partial charge in [-0.05, 0) is 42.9 Å². The summed E-state index contributed by atoms with van der Waals surface area (Å²) >= 11 is 17.5. The maximum absolute atomic E-state index is 13.2. The van der Waals surface area contributed by atoms with E-state index in [1.54, 1.807) is 22.9 Å². The van der Waals surface area contributed by atoms with Crippen molar-refractivity contribution in [3.8, 4) is 11.5 Å². The van der Waals surface area contributed by atoms with E-state index in [1.165, 1.54) is 18.5 Å². The van der Waals surface area contributed by atoms with Crippen molar-refractivity contribution in [2.24, 2.45) is 0 Å². The van der Waals surface area contributed by atoms with Crippen molar-refractivity contribution < 1.29 is 13.9 Å². The molecule has 0 fully saturated rings. The number of benzene rings is 2. The lowest BCUT2D eigenvalue weighted by Crippen LogP contribution is -2.14. The number of hydrogen-bond acceptors (Lipinski definition) is 5. The zero-order valence-corrected chi connectivity index (χ0v) is 17.2. The summed E-state index contributed by atoms with van der Waals surface area (Å²) < 4.78 is 26.7. The molecule has 0 atom stereocenters. The Morgan fingerprint density at radius 1 is 1.14 bits per heavy atom. The molecular weight excluding hydrogens is 426 g/mol. The van der Waals surface area contributed by atoms with Crippen LogP contribution in [0, 0.1) is 10.6 Å². The van der Waals surface area contributed by atoms with E-state index < -0.39 is 5.82 Å². The number of rotatable bonds is 8. The molecule has 3 rings (SSSR count). The summed E-state index contributed by atoms with van der Waals surface area (Å²) in [6.45, 7) is 2.88. The normalized spacial score (nSPS) is 10.7. The number of halogens is 3. The Morgan fingerprint density at radius 3 is 2.57 bits per heavy atom. The Bertz CT molecular complexity index is 1030. The molecule has 3 aromatic rings. The fourth-order valence-corrected chi connectivity index (χ4v) is 3.03. The molecule has 0 saturated heterocycles. The molecule has 6 nitrogen and oxygen atoms in total. The Morgan fingerprint density at radius 2 is 1.89 bits per heavy atom. The number of hydrogen-bond donors (Lipinski definition) is 2. The van der Waals surface area contributed by atoms with Crippen molar-refractivity contribution in [1.82, 2.24) is 14.9 Å². The van der Waals surface area contributed by atoms with Crippen LogP contribution in [0.1, 0.15) is 18.1 Å². The first-order valence-corrected chi connectivity index (χ1v) is 9.52. The molecule has 2 aromatic carbocycles. The molecule has 1 heterocycles. The second-order valence-corrected chi connectivity index (χ2v) is 6.92. The highest BCUT2D eigenvalue weighted by molar-refractivity contribution is 7.71. The van der Waals surface area contributed by atoms with Gasteiger partial charge in [0.1, 0.15) is 18.8 Å². The van der Waals surface area contributed by atoms with E-state index in [-0.39, 0.29) is 6.61 Å².